The van der Waals surface area contributed by atoms with Gasteiger partial charge in [-0.25, -0.2) is 4.79 Å². The summed E-state index contributed by atoms with van der Waals surface area (Å²) in [6.45, 7) is 3.43. The van der Waals surface area contributed by atoms with Crippen LogP contribution in [-0.4, -0.2) is 33.0 Å². The summed E-state index contributed by atoms with van der Waals surface area (Å²) in [5, 5.41) is 21.3. The smallest absolute Gasteiger partial charge is 0.330 e. The summed E-state index contributed by atoms with van der Waals surface area (Å²) in [5.74, 6) is -0.0159. The van der Waals surface area contributed by atoms with Crippen LogP contribution in [-0.2, 0) is 9.53 Å². The first-order chi connectivity index (χ1) is 8.35. The average molecular weight is 250 g/mol. The summed E-state index contributed by atoms with van der Waals surface area (Å²) in [6.07, 6.45) is 5.03. The van der Waals surface area contributed by atoms with Crippen molar-refractivity contribution in [3.63, 3.8) is 0 Å². The summed E-state index contributed by atoms with van der Waals surface area (Å²) in [7, 11) is 0. The molecule has 0 aromatic rings. The summed E-state index contributed by atoms with van der Waals surface area (Å²) >= 11 is 0. The Morgan fingerprint density at radius 1 is 1.22 bits per heavy atom. The highest BCUT2D eigenvalue weighted by Crippen LogP contribution is 2.79. The fourth-order valence-electron chi connectivity index (χ4n) is 5.77. The van der Waals surface area contributed by atoms with E-state index in [0.717, 1.165) is 12.8 Å². The third-order valence-electron chi connectivity index (χ3n) is 5.95. The Balaban J connectivity index is 1.75. The number of hydrogen-bond donors (Lipinski definition) is 2. The van der Waals surface area contributed by atoms with E-state index in [9.17, 15) is 15.0 Å². The SMILES string of the molecule is C=CC(=O)OC12CC3CC4(O)CC(O)(C1)CC34C2. The predicted molar refractivity (Wildman–Crippen MR) is 62.5 cm³/mol. The maximum Gasteiger partial charge on any atom is 0.330 e. The Bertz CT molecular complexity index is 474. The van der Waals surface area contributed by atoms with Gasteiger partial charge in [0.05, 0.1) is 11.2 Å². The van der Waals surface area contributed by atoms with E-state index in [2.05, 4.69) is 6.58 Å². The summed E-state index contributed by atoms with van der Waals surface area (Å²) in [6, 6.07) is 0. The van der Waals surface area contributed by atoms with Crippen LogP contribution in [0.3, 0.4) is 0 Å². The van der Waals surface area contributed by atoms with Crippen molar-refractivity contribution in [3.8, 4) is 0 Å². The molecule has 3 bridgehead atoms. The van der Waals surface area contributed by atoms with Gasteiger partial charge in [0.2, 0.25) is 0 Å². The minimum absolute atomic E-state index is 0.193. The Hall–Kier alpha value is -0.870. The average Bonchev–Trinajstić information content (AvgIpc) is 2.51. The summed E-state index contributed by atoms with van der Waals surface area (Å²) < 4.78 is 5.57. The summed E-state index contributed by atoms with van der Waals surface area (Å²) in [5.41, 5.74) is -2.32. The third-order valence-corrected chi connectivity index (χ3v) is 5.95. The lowest BCUT2D eigenvalue weighted by molar-refractivity contribution is -0.180. The van der Waals surface area contributed by atoms with Gasteiger partial charge < -0.3 is 14.9 Å². The molecule has 5 atom stereocenters. The van der Waals surface area contributed by atoms with Crippen molar-refractivity contribution >= 4 is 5.97 Å². The van der Waals surface area contributed by atoms with Crippen LogP contribution in [0.15, 0.2) is 12.7 Å². The van der Waals surface area contributed by atoms with Crippen LogP contribution in [0.2, 0.25) is 0 Å². The Morgan fingerprint density at radius 2 is 2.00 bits per heavy atom. The van der Waals surface area contributed by atoms with Crippen molar-refractivity contribution in [1.29, 1.82) is 0 Å². The van der Waals surface area contributed by atoms with E-state index in [-0.39, 0.29) is 5.41 Å². The third kappa shape index (κ3) is 0.994. The molecule has 4 nitrogen and oxygen atoms in total. The predicted octanol–water partition coefficient (Wildman–Crippen LogP) is 0.914. The number of hydrogen-bond acceptors (Lipinski definition) is 4. The Kier molecular flexibility index (Phi) is 1.64. The zero-order valence-electron chi connectivity index (χ0n) is 10.3. The van der Waals surface area contributed by atoms with Gasteiger partial charge >= 0.3 is 5.97 Å². The molecule has 98 valence electrons. The van der Waals surface area contributed by atoms with Gasteiger partial charge in [0.1, 0.15) is 5.60 Å². The van der Waals surface area contributed by atoms with Crippen LogP contribution < -0.4 is 0 Å². The van der Waals surface area contributed by atoms with Crippen LogP contribution >= 0.6 is 0 Å². The van der Waals surface area contributed by atoms with Crippen molar-refractivity contribution < 1.29 is 19.7 Å². The molecule has 0 saturated heterocycles. The monoisotopic (exact) mass is 250 g/mol. The van der Waals surface area contributed by atoms with E-state index in [1.807, 2.05) is 0 Å². The number of ether oxygens (including phenoxy) is 1. The van der Waals surface area contributed by atoms with E-state index in [1.165, 1.54) is 6.08 Å². The fourth-order valence-corrected chi connectivity index (χ4v) is 5.77. The molecule has 4 saturated carbocycles. The zero-order valence-corrected chi connectivity index (χ0v) is 10.3. The molecule has 0 amide bonds. The lowest BCUT2D eigenvalue weighted by atomic mass is 9.53. The molecule has 4 aliphatic carbocycles. The van der Waals surface area contributed by atoms with Crippen molar-refractivity contribution in [2.45, 2.75) is 55.3 Å². The number of fused-ring (bicyclic) bond motifs is 2. The largest absolute Gasteiger partial charge is 0.456 e. The topological polar surface area (TPSA) is 66.8 Å². The van der Waals surface area contributed by atoms with Gasteiger partial charge in [-0.15, -0.1) is 0 Å². The number of esters is 1. The molecule has 0 aliphatic heterocycles. The van der Waals surface area contributed by atoms with E-state index >= 15 is 0 Å². The van der Waals surface area contributed by atoms with Crippen molar-refractivity contribution in [1.82, 2.24) is 0 Å². The highest BCUT2D eigenvalue weighted by Gasteiger charge is 2.82. The second-order valence-electron chi connectivity index (χ2n) is 7.03. The van der Waals surface area contributed by atoms with Crippen LogP contribution in [0.4, 0.5) is 0 Å². The van der Waals surface area contributed by atoms with Crippen LogP contribution in [0.1, 0.15) is 38.5 Å². The van der Waals surface area contributed by atoms with E-state index in [1.54, 1.807) is 0 Å². The molecule has 2 N–H and O–H groups in total. The van der Waals surface area contributed by atoms with Gasteiger partial charge in [0.25, 0.3) is 0 Å². The van der Waals surface area contributed by atoms with Crippen molar-refractivity contribution in [3.05, 3.63) is 12.7 Å². The molecule has 5 unspecified atom stereocenters. The van der Waals surface area contributed by atoms with E-state index in [0.29, 0.717) is 31.6 Å². The highest BCUT2D eigenvalue weighted by molar-refractivity contribution is 5.81. The van der Waals surface area contributed by atoms with Crippen molar-refractivity contribution in [2.24, 2.45) is 11.3 Å². The number of aliphatic hydroxyl groups is 2. The van der Waals surface area contributed by atoms with Gasteiger partial charge in [-0.05, 0) is 31.6 Å². The summed E-state index contributed by atoms with van der Waals surface area (Å²) in [4.78, 5) is 11.5. The van der Waals surface area contributed by atoms with Crippen LogP contribution in [0.5, 0.6) is 0 Å². The van der Waals surface area contributed by atoms with Crippen molar-refractivity contribution in [2.75, 3.05) is 0 Å². The zero-order chi connectivity index (χ0) is 12.8. The molecular formula is C14H18O4. The standard InChI is InChI=1S/C14H18O4/c1-2-10(15)18-12-3-9-4-14(17)7-11(16,5-12)6-13(9,14)8-12/h2,9,16-17H,1,3-8H2. The molecule has 0 heterocycles. The molecule has 0 aromatic carbocycles. The second-order valence-corrected chi connectivity index (χ2v) is 7.03. The Morgan fingerprint density at radius 3 is 2.72 bits per heavy atom. The van der Waals surface area contributed by atoms with Gasteiger partial charge in [-0.2, -0.15) is 0 Å². The minimum Gasteiger partial charge on any atom is -0.456 e. The quantitative estimate of drug-likeness (QED) is 0.565. The molecule has 18 heavy (non-hydrogen) atoms. The number of carbonyl (C=O) groups is 1. The lowest BCUT2D eigenvalue weighted by Gasteiger charge is -2.55. The normalized spacial score (nSPS) is 59.1. The van der Waals surface area contributed by atoms with Gasteiger partial charge in [0, 0.05) is 24.3 Å². The van der Waals surface area contributed by atoms with E-state index in [4.69, 9.17) is 4.74 Å². The fraction of sp³-hybridized carbons (Fsp3) is 0.786. The number of carbonyl (C=O) groups excluding carboxylic acids is 1. The molecule has 4 fully saturated rings. The van der Waals surface area contributed by atoms with Gasteiger partial charge in [-0.3, -0.25) is 0 Å². The first-order valence-corrected chi connectivity index (χ1v) is 6.65. The minimum atomic E-state index is -0.848. The molecule has 4 heteroatoms. The molecular weight excluding hydrogens is 232 g/mol. The maximum atomic E-state index is 11.5. The first-order valence-electron chi connectivity index (χ1n) is 6.65. The maximum absolute atomic E-state index is 11.5. The van der Waals surface area contributed by atoms with Gasteiger partial charge in [-0.1, -0.05) is 6.58 Å². The first kappa shape index (κ1) is 11.0. The molecule has 0 radical (unpaired) electrons. The van der Waals surface area contributed by atoms with Gasteiger partial charge in [0.15, 0.2) is 0 Å². The molecule has 1 spiro atoms. The molecule has 0 aromatic heterocycles. The molecule has 4 aliphatic rings. The second kappa shape index (κ2) is 2.68. The van der Waals surface area contributed by atoms with Crippen LogP contribution in [0.25, 0.3) is 0 Å². The Labute approximate surface area is 106 Å². The van der Waals surface area contributed by atoms with E-state index < -0.39 is 22.8 Å². The lowest BCUT2D eigenvalue weighted by Crippen LogP contribution is -2.57. The molecule has 4 rings (SSSR count). The van der Waals surface area contributed by atoms with Crippen LogP contribution in [0, 0.1) is 11.3 Å². The number of rotatable bonds is 2. The highest BCUT2D eigenvalue weighted by atomic mass is 16.6.